The molecule has 0 saturated heterocycles. The number of rotatable bonds is 6. The molecule has 0 fully saturated rings. The second-order valence-corrected chi connectivity index (χ2v) is 11.5. The Morgan fingerprint density at radius 1 is 1.18 bits per heavy atom. The van der Waals surface area contributed by atoms with Gasteiger partial charge in [0.05, 0.1) is 40.6 Å². The van der Waals surface area contributed by atoms with E-state index in [2.05, 4.69) is 36.3 Å². The van der Waals surface area contributed by atoms with Gasteiger partial charge in [-0.3, -0.25) is 4.90 Å². The van der Waals surface area contributed by atoms with E-state index in [1.165, 1.54) is 11.8 Å². The summed E-state index contributed by atoms with van der Waals surface area (Å²) < 4.78 is 19.0. The Morgan fingerprint density at radius 3 is 2.69 bits per heavy atom. The summed E-state index contributed by atoms with van der Waals surface area (Å²) in [5.74, 6) is 0.680. The predicted octanol–water partition coefficient (Wildman–Crippen LogP) is 6.14. The minimum atomic E-state index is -0.947. The van der Waals surface area contributed by atoms with Gasteiger partial charge in [-0.25, -0.2) is 19.2 Å². The lowest BCUT2D eigenvalue weighted by atomic mass is 9.92. The Labute approximate surface area is 231 Å². The number of hydrogen-bond acceptors (Lipinski definition) is 4. The van der Waals surface area contributed by atoms with Crippen LogP contribution in [0.4, 0.5) is 4.39 Å². The smallest absolute Gasteiger partial charge is 0.335 e. The summed E-state index contributed by atoms with van der Waals surface area (Å²) in [4.78, 5) is 23.9. The standard InChI is InChI=1S/C30H31ClFN5O2/c1-5-23-28-34-26-19(12-17-6-8-20(31)14-21(17)32)15-30(2,3)27(26)37(28)11-10-36(23)16-25-33-22-9-7-18(29(38)39)13-24(22)35(25)4/h6-9,13-15,23H,5,10-12,16H2,1-4H3,(H,38,39). The van der Waals surface area contributed by atoms with Crippen molar-refractivity contribution in [1.29, 1.82) is 0 Å². The number of carbonyl (C=O) groups is 1. The van der Waals surface area contributed by atoms with Gasteiger partial charge in [-0.15, -0.1) is 0 Å². The molecule has 1 atom stereocenters. The highest BCUT2D eigenvalue weighted by atomic mass is 35.5. The number of halogens is 2. The Hall–Kier alpha value is -3.49. The van der Waals surface area contributed by atoms with E-state index >= 15 is 0 Å². The van der Waals surface area contributed by atoms with Gasteiger partial charge in [-0.2, -0.15) is 0 Å². The van der Waals surface area contributed by atoms with Crippen LogP contribution in [0, 0.1) is 5.82 Å². The Bertz CT molecular complexity index is 1670. The zero-order valence-corrected chi connectivity index (χ0v) is 23.3. The SMILES string of the molecule is CCC1c2nc3c(n2CCN1Cc1nc2ccc(C(=O)O)cc2n1C)C(C)(C)C=C3Cc1ccc(Cl)cc1F. The van der Waals surface area contributed by atoms with E-state index < -0.39 is 5.97 Å². The number of carboxylic acid groups (broad SMARTS) is 1. The van der Waals surface area contributed by atoms with Crippen molar-refractivity contribution in [2.75, 3.05) is 6.54 Å². The maximum absolute atomic E-state index is 14.7. The third-order valence-corrected chi connectivity index (χ3v) is 8.38. The lowest BCUT2D eigenvalue weighted by Gasteiger charge is -2.36. The van der Waals surface area contributed by atoms with Crippen LogP contribution in [-0.2, 0) is 32.0 Å². The molecule has 2 aliphatic rings. The van der Waals surface area contributed by atoms with Crippen LogP contribution in [0.5, 0.6) is 0 Å². The number of hydrogen-bond donors (Lipinski definition) is 1. The summed E-state index contributed by atoms with van der Waals surface area (Å²) in [5, 5.41) is 9.79. The average molecular weight is 548 g/mol. The molecule has 0 amide bonds. The number of aromatic nitrogens is 4. The van der Waals surface area contributed by atoms with Crippen molar-refractivity contribution in [2.45, 2.75) is 58.2 Å². The summed E-state index contributed by atoms with van der Waals surface area (Å²) in [6.07, 6.45) is 3.58. The third kappa shape index (κ3) is 4.26. The molecule has 1 aliphatic heterocycles. The molecule has 1 aliphatic carbocycles. The molecule has 9 heteroatoms. The zero-order valence-electron chi connectivity index (χ0n) is 22.5. The first-order valence-corrected chi connectivity index (χ1v) is 13.6. The number of nitrogens with zero attached hydrogens (tertiary/aromatic N) is 5. The molecule has 0 bridgehead atoms. The van der Waals surface area contributed by atoms with E-state index in [4.69, 9.17) is 21.6 Å². The number of fused-ring (bicyclic) bond motifs is 4. The van der Waals surface area contributed by atoms with Crippen molar-refractivity contribution >= 4 is 34.2 Å². The van der Waals surface area contributed by atoms with Gasteiger partial charge < -0.3 is 14.2 Å². The molecule has 7 nitrogen and oxygen atoms in total. The van der Waals surface area contributed by atoms with Gasteiger partial charge in [0.1, 0.15) is 17.5 Å². The second kappa shape index (κ2) is 9.31. The van der Waals surface area contributed by atoms with Gasteiger partial charge in [0.25, 0.3) is 0 Å². The van der Waals surface area contributed by atoms with Crippen LogP contribution in [0.1, 0.15) is 72.2 Å². The summed E-state index contributed by atoms with van der Waals surface area (Å²) in [5.41, 5.74) is 5.46. The molecule has 4 aromatic rings. The summed E-state index contributed by atoms with van der Waals surface area (Å²) in [6.45, 7) is 8.85. The van der Waals surface area contributed by atoms with Crippen LogP contribution in [0.15, 0.2) is 42.5 Å². The monoisotopic (exact) mass is 547 g/mol. The average Bonchev–Trinajstić information content (AvgIpc) is 3.50. The first kappa shape index (κ1) is 25.8. The largest absolute Gasteiger partial charge is 0.478 e. The van der Waals surface area contributed by atoms with E-state index in [9.17, 15) is 14.3 Å². The van der Waals surface area contributed by atoms with Crippen molar-refractivity contribution in [2.24, 2.45) is 7.05 Å². The lowest BCUT2D eigenvalue weighted by molar-refractivity contribution is 0.0697. The summed E-state index contributed by atoms with van der Waals surface area (Å²) in [7, 11) is 1.94. The van der Waals surface area contributed by atoms with Gasteiger partial charge in [0, 0.05) is 37.0 Å². The highest BCUT2D eigenvalue weighted by Crippen LogP contribution is 2.45. The van der Waals surface area contributed by atoms with Crippen molar-refractivity contribution in [3.05, 3.63) is 87.5 Å². The fraction of sp³-hybridized carbons (Fsp3) is 0.367. The van der Waals surface area contributed by atoms with Crippen LogP contribution < -0.4 is 0 Å². The maximum atomic E-state index is 14.7. The number of carboxylic acids is 1. The van der Waals surface area contributed by atoms with E-state index in [0.717, 1.165) is 53.5 Å². The lowest BCUT2D eigenvalue weighted by Crippen LogP contribution is -2.39. The number of benzene rings is 2. The van der Waals surface area contributed by atoms with Crippen LogP contribution in [0.2, 0.25) is 5.02 Å². The van der Waals surface area contributed by atoms with Crippen LogP contribution >= 0.6 is 11.6 Å². The highest BCUT2D eigenvalue weighted by Gasteiger charge is 2.40. The van der Waals surface area contributed by atoms with Crippen LogP contribution in [-0.4, -0.2) is 41.6 Å². The van der Waals surface area contributed by atoms with E-state index in [0.29, 0.717) is 23.6 Å². The first-order valence-electron chi connectivity index (χ1n) is 13.3. The van der Waals surface area contributed by atoms with E-state index in [1.54, 1.807) is 30.3 Å². The predicted molar refractivity (Wildman–Crippen MR) is 149 cm³/mol. The topological polar surface area (TPSA) is 76.2 Å². The quantitative estimate of drug-likeness (QED) is 0.313. The molecule has 1 unspecified atom stereocenters. The molecule has 39 heavy (non-hydrogen) atoms. The number of aromatic carboxylic acids is 1. The second-order valence-electron chi connectivity index (χ2n) is 11.1. The minimum Gasteiger partial charge on any atom is -0.478 e. The zero-order chi connectivity index (χ0) is 27.6. The van der Waals surface area contributed by atoms with Gasteiger partial charge in [0.15, 0.2) is 0 Å². The maximum Gasteiger partial charge on any atom is 0.335 e. The molecule has 0 radical (unpaired) electrons. The van der Waals surface area contributed by atoms with Gasteiger partial charge in [0.2, 0.25) is 0 Å². The number of aryl methyl sites for hydroxylation is 1. The third-order valence-electron chi connectivity index (χ3n) is 8.14. The molecule has 0 spiro atoms. The summed E-state index contributed by atoms with van der Waals surface area (Å²) in [6, 6.07) is 10.00. The summed E-state index contributed by atoms with van der Waals surface area (Å²) >= 11 is 5.98. The van der Waals surface area contributed by atoms with Crippen molar-refractivity contribution in [1.82, 2.24) is 24.0 Å². The minimum absolute atomic E-state index is 0.100. The Balaban J connectivity index is 1.32. The van der Waals surface area contributed by atoms with Crippen LogP contribution in [0.25, 0.3) is 16.6 Å². The molecule has 6 rings (SSSR count). The van der Waals surface area contributed by atoms with E-state index in [-0.39, 0.29) is 22.8 Å². The number of allylic oxidation sites excluding steroid dienone is 2. The Kier molecular flexibility index (Phi) is 6.15. The first-order chi connectivity index (χ1) is 18.6. The van der Waals surface area contributed by atoms with Crippen molar-refractivity contribution in [3.63, 3.8) is 0 Å². The molecule has 1 N–H and O–H groups in total. The van der Waals surface area contributed by atoms with Crippen LogP contribution in [0.3, 0.4) is 0 Å². The number of imidazole rings is 2. The fourth-order valence-electron chi connectivity index (χ4n) is 6.28. The molecule has 0 saturated carbocycles. The van der Waals surface area contributed by atoms with Gasteiger partial charge in [-0.05, 0) is 47.9 Å². The molecular formula is C30H31ClFN5O2. The van der Waals surface area contributed by atoms with Gasteiger partial charge in [-0.1, -0.05) is 44.5 Å². The highest BCUT2D eigenvalue weighted by molar-refractivity contribution is 6.30. The fourth-order valence-corrected chi connectivity index (χ4v) is 6.44. The van der Waals surface area contributed by atoms with Gasteiger partial charge >= 0.3 is 5.97 Å². The molecule has 202 valence electrons. The van der Waals surface area contributed by atoms with Crippen molar-refractivity contribution in [3.8, 4) is 0 Å². The molecule has 2 aromatic carbocycles. The molecule has 3 heterocycles. The van der Waals surface area contributed by atoms with E-state index in [1.807, 2.05) is 11.6 Å². The van der Waals surface area contributed by atoms with Crippen molar-refractivity contribution < 1.29 is 14.3 Å². The molecule has 2 aromatic heterocycles. The Morgan fingerprint density at radius 2 is 1.97 bits per heavy atom. The normalized spacial score (nSPS) is 18.3. The molecular weight excluding hydrogens is 517 g/mol.